The average Bonchev–Trinajstić information content (AvgIpc) is 2.39. The Hall–Kier alpha value is -2.24. The van der Waals surface area contributed by atoms with E-state index in [0.29, 0.717) is 5.69 Å². The lowest BCUT2D eigenvalue weighted by Gasteiger charge is -2.19. The number of halogens is 3. The van der Waals surface area contributed by atoms with Crippen LogP contribution in [0.15, 0.2) is 30.3 Å². The highest BCUT2D eigenvalue weighted by molar-refractivity contribution is 5.61. The molecule has 0 aliphatic rings. The monoisotopic (exact) mass is 267 g/mol. The number of hydrogen-bond donors (Lipinski definition) is 1. The summed E-state index contributed by atoms with van der Waals surface area (Å²) in [6, 6.07) is 6.24. The van der Waals surface area contributed by atoms with Gasteiger partial charge in [-0.1, -0.05) is 0 Å². The van der Waals surface area contributed by atoms with Gasteiger partial charge >= 0.3 is 0 Å². The first-order valence-corrected chi connectivity index (χ1v) is 5.56. The molecule has 2 aromatic rings. The largest absolute Gasteiger partial charge is 0.371 e. The van der Waals surface area contributed by atoms with E-state index in [0.717, 1.165) is 6.07 Å². The van der Waals surface area contributed by atoms with E-state index in [1.807, 2.05) is 0 Å². The van der Waals surface area contributed by atoms with Gasteiger partial charge in [0.05, 0.1) is 0 Å². The van der Waals surface area contributed by atoms with Gasteiger partial charge in [0.2, 0.25) is 0 Å². The first-order chi connectivity index (χ1) is 9.02. The second kappa shape index (κ2) is 5.17. The van der Waals surface area contributed by atoms with Crippen molar-refractivity contribution in [3.63, 3.8) is 0 Å². The van der Waals surface area contributed by atoms with Gasteiger partial charge in [0, 0.05) is 25.8 Å². The molecule has 0 atom stereocenters. The van der Waals surface area contributed by atoms with Crippen LogP contribution in [0.3, 0.4) is 0 Å². The third-order valence-electron chi connectivity index (χ3n) is 2.68. The van der Waals surface area contributed by atoms with Gasteiger partial charge in [-0.15, -0.1) is 0 Å². The maximum absolute atomic E-state index is 13.7. The maximum atomic E-state index is 13.7. The van der Waals surface area contributed by atoms with Crippen molar-refractivity contribution in [2.75, 3.05) is 24.3 Å². The zero-order valence-electron chi connectivity index (χ0n) is 10.4. The molecule has 100 valence electrons. The van der Waals surface area contributed by atoms with Crippen molar-refractivity contribution in [2.24, 2.45) is 0 Å². The Morgan fingerprint density at radius 2 is 1.68 bits per heavy atom. The summed E-state index contributed by atoms with van der Waals surface area (Å²) < 4.78 is 39.9. The molecule has 0 spiro atoms. The molecule has 2 rings (SSSR count). The van der Waals surface area contributed by atoms with Gasteiger partial charge in [0.15, 0.2) is 23.3 Å². The van der Waals surface area contributed by atoms with E-state index in [-0.39, 0.29) is 17.5 Å². The highest BCUT2D eigenvalue weighted by Crippen LogP contribution is 2.27. The Balaban J connectivity index is 2.43. The van der Waals surface area contributed by atoms with Crippen LogP contribution >= 0.6 is 0 Å². The topological polar surface area (TPSA) is 28.2 Å². The van der Waals surface area contributed by atoms with E-state index in [1.54, 1.807) is 7.05 Å². The molecule has 6 heteroatoms. The highest BCUT2D eigenvalue weighted by atomic mass is 19.1. The van der Waals surface area contributed by atoms with E-state index in [9.17, 15) is 13.2 Å². The SMILES string of the molecule is CNc1nc(N(C)c2ccc(F)cc2)c(F)cc1F. The van der Waals surface area contributed by atoms with Crippen LogP contribution in [0.1, 0.15) is 0 Å². The third kappa shape index (κ3) is 2.62. The first-order valence-electron chi connectivity index (χ1n) is 5.56. The molecule has 0 fully saturated rings. The number of nitrogens with zero attached hydrogens (tertiary/aromatic N) is 2. The van der Waals surface area contributed by atoms with Crippen molar-refractivity contribution in [2.45, 2.75) is 0 Å². The molecule has 0 aliphatic heterocycles. The zero-order chi connectivity index (χ0) is 14.0. The Labute approximate surface area is 108 Å². The number of aromatic nitrogens is 1. The van der Waals surface area contributed by atoms with E-state index in [1.165, 1.54) is 36.2 Å². The van der Waals surface area contributed by atoms with Crippen molar-refractivity contribution in [3.05, 3.63) is 47.8 Å². The van der Waals surface area contributed by atoms with Gasteiger partial charge in [-0.3, -0.25) is 0 Å². The second-order valence-corrected chi connectivity index (χ2v) is 3.91. The minimum absolute atomic E-state index is 0.0441. The molecule has 0 bridgehead atoms. The lowest BCUT2D eigenvalue weighted by molar-refractivity contribution is 0.576. The quantitative estimate of drug-likeness (QED) is 0.924. The molecule has 0 saturated heterocycles. The Morgan fingerprint density at radius 3 is 2.26 bits per heavy atom. The Kier molecular flexibility index (Phi) is 3.59. The third-order valence-corrected chi connectivity index (χ3v) is 2.68. The molecule has 0 radical (unpaired) electrons. The van der Waals surface area contributed by atoms with E-state index in [2.05, 4.69) is 10.3 Å². The van der Waals surface area contributed by atoms with Gasteiger partial charge in [-0.05, 0) is 24.3 Å². The predicted octanol–water partition coefficient (Wildman–Crippen LogP) is 3.31. The summed E-state index contributed by atoms with van der Waals surface area (Å²) in [5.41, 5.74) is 0.543. The summed E-state index contributed by atoms with van der Waals surface area (Å²) in [7, 11) is 3.06. The first kappa shape index (κ1) is 13.2. The molecule has 1 aromatic carbocycles. The minimum atomic E-state index is -0.789. The van der Waals surface area contributed by atoms with Crippen LogP contribution in [0.5, 0.6) is 0 Å². The highest BCUT2D eigenvalue weighted by Gasteiger charge is 2.15. The van der Waals surface area contributed by atoms with E-state index >= 15 is 0 Å². The molecular formula is C13H12F3N3. The zero-order valence-corrected chi connectivity index (χ0v) is 10.4. The van der Waals surface area contributed by atoms with Crippen LogP contribution in [0.25, 0.3) is 0 Å². The van der Waals surface area contributed by atoms with E-state index < -0.39 is 11.6 Å². The molecule has 19 heavy (non-hydrogen) atoms. The van der Waals surface area contributed by atoms with Crippen molar-refractivity contribution in [1.29, 1.82) is 0 Å². The van der Waals surface area contributed by atoms with Crippen LogP contribution in [0.2, 0.25) is 0 Å². The van der Waals surface area contributed by atoms with Crippen LogP contribution in [-0.4, -0.2) is 19.1 Å². The van der Waals surface area contributed by atoms with Crippen LogP contribution in [-0.2, 0) is 0 Å². The molecule has 0 saturated carbocycles. The molecule has 3 nitrogen and oxygen atoms in total. The van der Waals surface area contributed by atoms with Crippen molar-refractivity contribution >= 4 is 17.3 Å². The van der Waals surface area contributed by atoms with Gasteiger partial charge in [-0.2, -0.15) is 0 Å². The fourth-order valence-electron chi connectivity index (χ4n) is 1.65. The average molecular weight is 267 g/mol. The summed E-state index contributed by atoms with van der Waals surface area (Å²) >= 11 is 0. The lowest BCUT2D eigenvalue weighted by Crippen LogP contribution is -2.14. The van der Waals surface area contributed by atoms with Crippen LogP contribution in [0, 0.1) is 17.5 Å². The molecule has 0 aliphatic carbocycles. The predicted molar refractivity (Wildman–Crippen MR) is 68.2 cm³/mol. The Bertz CT molecular complexity index is 584. The fraction of sp³-hybridized carbons (Fsp3) is 0.154. The smallest absolute Gasteiger partial charge is 0.171 e. The summed E-state index contributed by atoms with van der Waals surface area (Å²) in [6.45, 7) is 0. The summed E-state index contributed by atoms with van der Waals surface area (Å²) in [4.78, 5) is 5.27. The lowest BCUT2D eigenvalue weighted by atomic mass is 10.3. The number of benzene rings is 1. The van der Waals surface area contributed by atoms with E-state index in [4.69, 9.17) is 0 Å². The number of anilines is 3. The summed E-state index contributed by atoms with van der Waals surface area (Å²) in [6.07, 6.45) is 0. The standard InChI is InChI=1S/C13H12F3N3/c1-17-12-10(15)7-11(16)13(18-12)19(2)9-5-3-8(14)4-6-9/h3-7H,1-2H3,(H,17,18). The number of rotatable bonds is 3. The van der Waals surface area contributed by atoms with Crippen molar-refractivity contribution < 1.29 is 13.2 Å². The molecule has 1 N–H and O–H groups in total. The normalized spacial score (nSPS) is 10.4. The molecule has 1 heterocycles. The van der Waals surface area contributed by atoms with Gasteiger partial charge in [-0.25, -0.2) is 18.2 Å². The van der Waals surface area contributed by atoms with Crippen LogP contribution < -0.4 is 10.2 Å². The maximum Gasteiger partial charge on any atom is 0.171 e. The van der Waals surface area contributed by atoms with Gasteiger partial charge in [0.25, 0.3) is 0 Å². The minimum Gasteiger partial charge on any atom is -0.371 e. The summed E-state index contributed by atoms with van der Waals surface area (Å²) in [5, 5.41) is 2.54. The molecule has 1 aromatic heterocycles. The summed E-state index contributed by atoms with van der Waals surface area (Å²) in [5.74, 6) is -2.04. The number of hydrogen-bond acceptors (Lipinski definition) is 3. The van der Waals surface area contributed by atoms with Gasteiger partial charge < -0.3 is 10.2 Å². The molecule has 0 unspecified atom stereocenters. The second-order valence-electron chi connectivity index (χ2n) is 3.91. The van der Waals surface area contributed by atoms with Crippen LogP contribution in [0.4, 0.5) is 30.5 Å². The van der Waals surface area contributed by atoms with Crippen molar-refractivity contribution in [1.82, 2.24) is 4.98 Å². The Morgan fingerprint density at radius 1 is 1.05 bits per heavy atom. The van der Waals surface area contributed by atoms with Gasteiger partial charge in [0.1, 0.15) is 5.82 Å². The number of pyridine rings is 1. The fourth-order valence-corrected chi connectivity index (χ4v) is 1.65. The number of nitrogens with one attached hydrogen (secondary N) is 1. The molecular weight excluding hydrogens is 255 g/mol. The van der Waals surface area contributed by atoms with Crippen molar-refractivity contribution in [3.8, 4) is 0 Å². The molecule has 0 amide bonds.